The Bertz CT molecular complexity index is 1170. The highest BCUT2D eigenvalue weighted by atomic mass is 32.1. The molecule has 154 valence electrons. The third kappa shape index (κ3) is 4.37. The van der Waals surface area contributed by atoms with Gasteiger partial charge in [0.25, 0.3) is 5.91 Å². The van der Waals surface area contributed by atoms with Gasteiger partial charge in [0, 0.05) is 0 Å². The van der Waals surface area contributed by atoms with Crippen LogP contribution in [-0.2, 0) is 13.0 Å². The highest BCUT2D eigenvalue weighted by molar-refractivity contribution is 7.22. The largest absolute Gasteiger partial charge is 0.486 e. The van der Waals surface area contributed by atoms with Crippen LogP contribution in [0, 0.1) is 20.8 Å². The van der Waals surface area contributed by atoms with E-state index in [0.717, 1.165) is 27.4 Å². The van der Waals surface area contributed by atoms with Crippen molar-refractivity contribution < 1.29 is 9.53 Å². The van der Waals surface area contributed by atoms with E-state index < -0.39 is 0 Å². The van der Waals surface area contributed by atoms with Crippen molar-refractivity contribution in [3.05, 3.63) is 68.7 Å². The molecule has 30 heavy (non-hydrogen) atoms. The smallest absolute Gasteiger partial charge is 0.269 e. The predicted molar refractivity (Wildman–Crippen MR) is 124 cm³/mol. The van der Waals surface area contributed by atoms with Crippen molar-refractivity contribution >= 4 is 43.9 Å². The summed E-state index contributed by atoms with van der Waals surface area (Å²) in [6, 6.07) is 12.2. The third-order valence-corrected chi connectivity index (χ3v) is 7.03. The Hall–Kier alpha value is -2.77. The molecule has 0 bridgehead atoms. The molecule has 0 saturated heterocycles. The maximum Gasteiger partial charge on any atom is 0.269 e. The van der Waals surface area contributed by atoms with Gasteiger partial charge in [-0.2, -0.15) is 0 Å². The van der Waals surface area contributed by atoms with Crippen LogP contribution in [0.4, 0.5) is 5.13 Å². The topological polar surface area (TPSA) is 64.1 Å². The number of benzene rings is 2. The van der Waals surface area contributed by atoms with Crippen LogP contribution in [0.3, 0.4) is 0 Å². The van der Waals surface area contributed by atoms with Gasteiger partial charge in [-0.05, 0) is 68.1 Å². The molecule has 0 atom stereocenters. The minimum Gasteiger partial charge on any atom is -0.486 e. The lowest BCUT2D eigenvalue weighted by atomic mass is 10.1. The molecule has 2 aromatic heterocycles. The first-order valence-corrected chi connectivity index (χ1v) is 11.4. The molecular weight excluding hydrogens is 414 g/mol. The molecule has 2 aromatic carbocycles. The van der Waals surface area contributed by atoms with Crippen molar-refractivity contribution in [2.75, 3.05) is 5.32 Å². The molecule has 0 aliphatic heterocycles. The number of hydrogen-bond acceptors (Lipinski definition) is 6. The molecule has 1 N–H and O–H groups in total. The molecule has 4 aromatic rings. The number of rotatable bonds is 6. The summed E-state index contributed by atoms with van der Waals surface area (Å²) in [5.41, 5.74) is 5.29. The highest BCUT2D eigenvalue weighted by Gasteiger charge is 2.17. The van der Waals surface area contributed by atoms with Gasteiger partial charge in [0.15, 0.2) is 5.13 Å². The number of nitrogens with one attached hydrogen (secondary N) is 1. The first-order chi connectivity index (χ1) is 14.4. The molecule has 5 nitrogen and oxygen atoms in total. The standard InChI is InChI=1S/C23H23N3O2S2/c1-5-16-6-8-17(9-7-16)28-12-20-24-15(4)21(30-20)22(27)26-23-25-18-10-13(2)14(3)11-19(18)29-23/h6-11H,5,12H2,1-4H3,(H,25,26,27). The second-order valence-corrected chi connectivity index (χ2v) is 9.30. The number of anilines is 1. The summed E-state index contributed by atoms with van der Waals surface area (Å²) in [4.78, 5) is 22.4. The van der Waals surface area contributed by atoms with Crippen molar-refractivity contribution in [2.45, 2.75) is 40.7 Å². The quantitative estimate of drug-likeness (QED) is 0.397. The summed E-state index contributed by atoms with van der Waals surface area (Å²) in [6.45, 7) is 8.45. The van der Waals surface area contributed by atoms with Crippen LogP contribution in [0.15, 0.2) is 36.4 Å². The molecule has 1 amide bonds. The van der Waals surface area contributed by atoms with Crippen LogP contribution in [0.5, 0.6) is 5.75 Å². The molecule has 0 spiro atoms. The number of thiazole rings is 2. The van der Waals surface area contributed by atoms with Gasteiger partial charge >= 0.3 is 0 Å². The van der Waals surface area contributed by atoms with Gasteiger partial charge in [-0.15, -0.1) is 11.3 Å². The van der Waals surface area contributed by atoms with Gasteiger partial charge < -0.3 is 4.74 Å². The lowest BCUT2D eigenvalue weighted by Gasteiger charge is -2.04. The van der Waals surface area contributed by atoms with E-state index in [0.29, 0.717) is 22.3 Å². The first kappa shape index (κ1) is 20.5. The number of carbonyl (C=O) groups excluding carboxylic acids is 1. The molecule has 4 rings (SSSR count). The number of fused-ring (bicyclic) bond motifs is 1. The zero-order valence-corrected chi connectivity index (χ0v) is 19.0. The van der Waals surface area contributed by atoms with Crippen molar-refractivity contribution in [3.63, 3.8) is 0 Å². The number of aromatic nitrogens is 2. The van der Waals surface area contributed by atoms with Crippen LogP contribution < -0.4 is 10.1 Å². The number of aryl methyl sites for hydroxylation is 4. The van der Waals surface area contributed by atoms with Crippen molar-refractivity contribution in [3.8, 4) is 5.75 Å². The minimum atomic E-state index is -0.184. The Kier molecular flexibility index (Phi) is 5.83. The second-order valence-electron chi connectivity index (χ2n) is 7.19. The Morgan fingerprint density at radius 3 is 2.50 bits per heavy atom. The van der Waals surface area contributed by atoms with Gasteiger partial charge in [-0.3, -0.25) is 10.1 Å². The van der Waals surface area contributed by atoms with E-state index in [1.807, 2.05) is 19.1 Å². The third-order valence-electron chi connectivity index (χ3n) is 4.97. The lowest BCUT2D eigenvalue weighted by molar-refractivity contribution is 0.103. The average Bonchev–Trinajstić information content (AvgIpc) is 3.29. The Balaban J connectivity index is 1.44. The van der Waals surface area contributed by atoms with Gasteiger partial charge in [0.05, 0.1) is 15.9 Å². The summed E-state index contributed by atoms with van der Waals surface area (Å²) < 4.78 is 6.89. The fourth-order valence-electron chi connectivity index (χ4n) is 3.08. The van der Waals surface area contributed by atoms with Gasteiger partial charge in [-0.1, -0.05) is 30.4 Å². The molecule has 0 aliphatic rings. The summed E-state index contributed by atoms with van der Waals surface area (Å²) in [7, 11) is 0. The van der Waals surface area contributed by atoms with Crippen LogP contribution in [0.25, 0.3) is 10.2 Å². The van der Waals surface area contributed by atoms with Gasteiger partial charge in [0.2, 0.25) is 0 Å². The molecular formula is C23H23N3O2S2. The zero-order valence-electron chi connectivity index (χ0n) is 17.4. The predicted octanol–water partition coefficient (Wildman–Crippen LogP) is 6.07. The molecule has 0 fully saturated rings. The number of amides is 1. The zero-order chi connectivity index (χ0) is 21.3. The summed E-state index contributed by atoms with van der Waals surface area (Å²) in [5.74, 6) is 0.613. The number of carbonyl (C=O) groups is 1. The molecule has 2 heterocycles. The van der Waals surface area contributed by atoms with Crippen molar-refractivity contribution in [1.82, 2.24) is 9.97 Å². The van der Waals surface area contributed by atoms with E-state index >= 15 is 0 Å². The first-order valence-electron chi connectivity index (χ1n) is 9.80. The molecule has 0 aliphatic carbocycles. The Morgan fingerprint density at radius 1 is 1.03 bits per heavy atom. The number of hydrogen-bond donors (Lipinski definition) is 1. The van der Waals surface area contributed by atoms with E-state index in [9.17, 15) is 4.79 Å². The van der Waals surface area contributed by atoms with E-state index in [1.165, 1.54) is 39.4 Å². The summed E-state index contributed by atoms with van der Waals surface area (Å²) >= 11 is 2.84. The fraction of sp³-hybridized carbons (Fsp3) is 0.261. The minimum absolute atomic E-state index is 0.184. The maximum atomic E-state index is 12.8. The van der Waals surface area contributed by atoms with Crippen LogP contribution >= 0.6 is 22.7 Å². The number of ether oxygens (including phenoxy) is 1. The normalized spacial score (nSPS) is 11.1. The monoisotopic (exact) mass is 437 g/mol. The second kappa shape index (κ2) is 8.53. The molecule has 0 unspecified atom stereocenters. The maximum absolute atomic E-state index is 12.8. The lowest BCUT2D eigenvalue weighted by Crippen LogP contribution is -2.11. The van der Waals surface area contributed by atoms with Gasteiger partial charge in [0.1, 0.15) is 22.2 Å². The van der Waals surface area contributed by atoms with Crippen molar-refractivity contribution in [1.29, 1.82) is 0 Å². The SMILES string of the molecule is CCc1ccc(OCc2nc(C)c(C(=O)Nc3nc4cc(C)c(C)cc4s3)s2)cc1. The van der Waals surface area contributed by atoms with E-state index in [-0.39, 0.29) is 5.91 Å². The fourth-order valence-corrected chi connectivity index (χ4v) is 4.89. The van der Waals surface area contributed by atoms with E-state index in [2.05, 4.69) is 60.3 Å². The van der Waals surface area contributed by atoms with E-state index in [4.69, 9.17) is 4.74 Å². The molecule has 0 saturated carbocycles. The average molecular weight is 438 g/mol. The molecule has 7 heteroatoms. The summed E-state index contributed by atoms with van der Waals surface area (Å²) in [6.07, 6.45) is 0.998. The molecule has 0 radical (unpaired) electrons. The van der Waals surface area contributed by atoms with Crippen LogP contribution in [0.1, 0.15) is 44.0 Å². The van der Waals surface area contributed by atoms with E-state index in [1.54, 1.807) is 0 Å². The van der Waals surface area contributed by atoms with Crippen molar-refractivity contribution in [2.24, 2.45) is 0 Å². The Morgan fingerprint density at radius 2 is 1.77 bits per heavy atom. The Labute approximate surface area is 183 Å². The number of nitrogens with zero attached hydrogens (tertiary/aromatic N) is 2. The highest BCUT2D eigenvalue weighted by Crippen LogP contribution is 2.29. The van der Waals surface area contributed by atoms with Crippen LogP contribution in [-0.4, -0.2) is 15.9 Å². The van der Waals surface area contributed by atoms with Crippen LogP contribution in [0.2, 0.25) is 0 Å². The van der Waals surface area contributed by atoms with Gasteiger partial charge in [-0.25, -0.2) is 9.97 Å². The summed E-state index contributed by atoms with van der Waals surface area (Å²) in [5, 5.41) is 4.30.